The molecule has 0 aromatic heterocycles. The van der Waals surface area contributed by atoms with Crippen molar-refractivity contribution < 1.29 is 112 Å². The van der Waals surface area contributed by atoms with E-state index in [1.165, 1.54) is 41.5 Å². The van der Waals surface area contributed by atoms with Gasteiger partial charge >= 0.3 is 64.9 Å². The van der Waals surface area contributed by atoms with Gasteiger partial charge in [-0.15, -0.1) is 0 Å². The molecular formula is C36H58O23. The van der Waals surface area contributed by atoms with Crippen LogP contribution in [0.3, 0.4) is 0 Å². The van der Waals surface area contributed by atoms with Crippen molar-refractivity contribution in [1.82, 2.24) is 0 Å². The number of carbonyl (C=O) groups is 6. The Hall–Kier alpha value is -3.62. The minimum Gasteiger partial charge on any atom is -0.428 e. The molecule has 0 amide bonds. The molecule has 59 heavy (non-hydrogen) atoms. The molecule has 0 spiro atoms. The molecule has 10 atom stereocenters. The predicted molar refractivity (Wildman–Crippen MR) is 188 cm³/mol. The summed E-state index contributed by atoms with van der Waals surface area (Å²) in [5, 5.41) is 93.4. The van der Waals surface area contributed by atoms with E-state index in [0.717, 1.165) is 0 Å². The third-order valence-electron chi connectivity index (χ3n) is 8.90. The molecule has 8 N–H and O–H groups in total. The number of carbonyl (C=O) groups excluding carboxylic acids is 6. The minimum atomic E-state index is -4.89. The van der Waals surface area contributed by atoms with Crippen LogP contribution in [-0.2, 0) is 71.4 Å². The van der Waals surface area contributed by atoms with Gasteiger partial charge in [-0.25, -0.2) is 0 Å². The van der Waals surface area contributed by atoms with Crippen molar-refractivity contribution in [3.8, 4) is 0 Å². The largest absolute Gasteiger partial charge is 0.428 e. The van der Waals surface area contributed by atoms with Crippen LogP contribution in [0.4, 0.5) is 0 Å². The molecule has 2 unspecified atom stereocenters. The van der Waals surface area contributed by atoms with Crippen LogP contribution >= 0.6 is 0 Å². The highest BCUT2D eigenvalue weighted by molar-refractivity contribution is 5.75. The van der Waals surface area contributed by atoms with E-state index in [1.54, 1.807) is 0 Å². The van der Waals surface area contributed by atoms with E-state index in [2.05, 4.69) is 0 Å². The summed E-state index contributed by atoms with van der Waals surface area (Å²) in [5.74, 6) is -36.3. The minimum absolute atomic E-state index is 0.0146. The van der Waals surface area contributed by atoms with Crippen molar-refractivity contribution in [2.45, 2.75) is 178 Å². The highest BCUT2D eigenvalue weighted by atomic mass is 17.0. The van der Waals surface area contributed by atoms with Crippen molar-refractivity contribution in [2.24, 2.45) is 0 Å². The zero-order chi connectivity index (χ0) is 45.0. The van der Waals surface area contributed by atoms with Gasteiger partial charge in [0.2, 0.25) is 5.79 Å². The van der Waals surface area contributed by atoms with Crippen LogP contribution in [0.25, 0.3) is 0 Å². The van der Waals surface area contributed by atoms with E-state index in [-0.39, 0.29) is 38.5 Å². The first-order valence-electron chi connectivity index (χ1n) is 19.4. The third kappa shape index (κ3) is 10.1. The van der Waals surface area contributed by atoms with Crippen molar-refractivity contribution in [1.29, 1.82) is 0 Å². The fraction of sp³-hybridized carbons (Fsp3) is 0.833. The normalized spacial score (nSPS) is 33.4. The molecule has 0 bridgehead atoms. The number of hydrogen-bond donors (Lipinski definition) is 8. The maximum absolute atomic E-state index is 13.7. The van der Waals surface area contributed by atoms with E-state index in [4.69, 9.17) is 42.6 Å². The van der Waals surface area contributed by atoms with Gasteiger partial charge in [-0.3, -0.25) is 38.2 Å². The smallest absolute Gasteiger partial charge is 0.412 e. The molecule has 23 nitrogen and oxygen atoms in total. The van der Waals surface area contributed by atoms with Crippen molar-refractivity contribution in [2.75, 3.05) is 13.2 Å². The van der Waals surface area contributed by atoms with Crippen molar-refractivity contribution in [3.05, 3.63) is 0 Å². The molecule has 23 heteroatoms. The monoisotopic (exact) mass is 858 g/mol. The Morgan fingerprint density at radius 2 is 0.966 bits per heavy atom. The van der Waals surface area contributed by atoms with E-state index in [9.17, 15) is 69.6 Å². The Morgan fingerprint density at radius 1 is 0.576 bits per heavy atom. The summed E-state index contributed by atoms with van der Waals surface area (Å²) in [6.07, 6.45) is -15.0. The molecule has 0 radical (unpaired) electrons. The van der Waals surface area contributed by atoms with Crippen LogP contribution < -0.4 is 0 Å². The van der Waals surface area contributed by atoms with Gasteiger partial charge in [-0.1, -0.05) is 41.5 Å². The van der Waals surface area contributed by atoms with Crippen LogP contribution in [-0.4, -0.2) is 149 Å². The fourth-order valence-electron chi connectivity index (χ4n) is 6.01. The molecular weight excluding hydrogens is 800 g/mol. The SMILES string of the molecule is CCCC(=O)OC(O)[C@@]1(OC(=O)CCC)O[C@@](OC(=O)CCC)(OC2(CO)O[C@H](CO)[C@@H](O)[C@@H]2O)[C@@](O)(OC(=O)CCC)[C@](O)(OC(=O)CCC)[C@@]1(O)OC(=O)CCC. The number of rotatable bonds is 23. The van der Waals surface area contributed by atoms with E-state index >= 15 is 0 Å². The predicted octanol–water partition coefficient (Wildman–Crippen LogP) is -1.37. The van der Waals surface area contributed by atoms with Gasteiger partial charge in [0.25, 0.3) is 6.29 Å². The first-order chi connectivity index (χ1) is 27.6. The second-order valence-electron chi connectivity index (χ2n) is 13.8. The van der Waals surface area contributed by atoms with Crippen LogP contribution in [0.2, 0.25) is 0 Å². The number of hydrogen-bond acceptors (Lipinski definition) is 23. The van der Waals surface area contributed by atoms with E-state index < -0.39 is 147 Å². The second-order valence-corrected chi connectivity index (χ2v) is 13.8. The lowest BCUT2D eigenvalue weighted by Gasteiger charge is -2.62. The summed E-state index contributed by atoms with van der Waals surface area (Å²) < 4.78 is 48.6. The number of aliphatic hydroxyl groups is 8. The lowest BCUT2D eigenvalue weighted by molar-refractivity contribution is -0.657. The first kappa shape index (κ1) is 51.5. The zero-order valence-corrected chi connectivity index (χ0v) is 33.9. The first-order valence-corrected chi connectivity index (χ1v) is 19.4. The van der Waals surface area contributed by atoms with Gasteiger partial charge in [0.1, 0.15) is 24.9 Å². The Kier molecular flexibility index (Phi) is 18.6. The Morgan fingerprint density at radius 3 is 1.37 bits per heavy atom. The maximum atomic E-state index is 13.7. The highest BCUT2D eigenvalue weighted by Crippen LogP contribution is 2.60. The lowest BCUT2D eigenvalue weighted by atomic mass is 9.82. The summed E-state index contributed by atoms with van der Waals surface area (Å²) in [6.45, 7) is 5.67. The van der Waals surface area contributed by atoms with Gasteiger partial charge in [-0.05, 0) is 38.5 Å². The van der Waals surface area contributed by atoms with Gasteiger partial charge in [0.05, 0.1) is 6.61 Å². The van der Waals surface area contributed by atoms with Gasteiger partial charge in [0, 0.05) is 38.5 Å². The molecule has 0 saturated carbocycles. The third-order valence-corrected chi connectivity index (χ3v) is 8.90. The molecule has 0 aromatic carbocycles. The average Bonchev–Trinajstić information content (AvgIpc) is 3.38. The lowest BCUT2D eigenvalue weighted by Crippen LogP contribution is -2.93. The summed E-state index contributed by atoms with van der Waals surface area (Å²) in [4.78, 5) is 80.9. The molecule has 2 heterocycles. The van der Waals surface area contributed by atoms with Crippen LogP contribution in [0, 0.1) is 0 Å². The summed E-state index contributed by atoms with van der Waals surface area (Å²) >= 11 is 0. The molecule has 2 fully saturated rings. The number of ether oxygens (including phenoxy) is 9. The fourth-order valence-corrected chi connectivity index (χ4v) is 6.01. The van der Waals surface area contributed by atoms with Gasteiger partial charge < -0.3 is 74.0 Å². The van der Waals surface area contributed by atoms with Crippen LogP contribution in [0.15, 0.2) is 0 Å². The Labute approximate surface area is 339 Å². The van der Waals surface area contributed by atoms with E-state index in [1.807, 2.05) is 0 Å². The molecule has 340 valence electrons. The molecule has 0 aliphatic carbocycles. The average molecular weight is 859 g/mol. The summed E-state index contributed by atoms with van der Waals surface area (Å²) in [5.41, 5.74) is 0. The standard InChI is InChI=1S/C36H58O23/c1-7-13-22(39)51-30(47)32(53-23(40)14-8-2)33(48,54-24(41)15-9-3)34(49,55-25(42)16-10-4)35(50,56-26(43)17-11-5)36(59-32,57-27(44)18-12-6)58-31(20-38)29(46)28(45)21(19-37)52-31/h21,28-30,37-38,45-50H,7-20H2,1-6H3/t21-,28-,29+,30?,31?,32-,33+,34-,35+,36+/m1/s1. The van der Waals surface area contributed by atoms with E-state index in [0.29, 0.717) is 0 Å². The van der Waals surface area contributed by atoms with Gasteiger partial charge in [-0.2, -0.15) is 0 Å². The summed E-state index contributed by atoms with van der Waals surface area (Å²) in [7, 11) is 0. The molecule has 2 rings (SSSR count). The Balaban J connectivity index is 3.52. The van der Waals surface area contributed by atoms with Gasteiger partial charge in [0.15, 0.2) is 0 Å². The number of esters is 6. The zero-order valence-electron chi connectivity index (χ0n) is 33.9. The van der Waals surface area contributed by atoms with Crippen LogP contribution in [0.1, 0.15) is 119 Å². The second kappa shape index (κ2) is 21.3. The quantitative estimate of drug-likeness (QED) is 0.0334. The Bertz CT molecular complexity index is 1450. The van der Waals surface area contributed by atoms with Crippen molar-refractivity contribution in [3.63, 3.8) is 0 Å². The number of aliphatic hydroxyl groups excluding tert-OH is 5. The topological polar surface area (TPSA) is 347 Å². The molecule has 2 aliphatic heterocycles. The molecule has 0 aromatic rings. The van der Waals surface area contributed by atoms with Crippen LogP contribution in [0.5, 0.6) is 0 Å². The molecule has 2 aliphatic rings. The maximum Gasteiger partial charge on any atom is 0.412 e. The summed E-state index contributed by atoms with van der Waals surface area (Å²) in [6, 6.07) is 0. The highest BCUT2D eigenvalue weighted by Gasteiger charge is 2.96. The van der Waals surface area contributed by atoms with Crippen molar-refractivity contribution >= 4 is 35.8 Å². The molecule has 2 saturated heterocycles.